The first-order chi connectivity index (χ1) is 9.78. The van der Waals surface area contributed by atoms with Gasteiger partial charge in [0.15, 0.2) is 11.5 Å². The van der Waals surface area contributed by atoms with Gasteiger partial charge >= 0.3 is 0 Å². The van der Waals surface area contributed by atoms with Crippen LogP contribution in [0.3, 0.4) is 0 Å². The van der Waals surface area contributed by atoms with E-state index in [0.29, 0.717) is 6.61 Å². The molecule has 0 unspecified atom stereocenters. The molecule has 1 aromatic carbocycles. The predicted octanol–water partition coefficient (Wildman–Crippen LogP) is 3.08. The minimum Gasteiger partial charge on any atom is -0.497 e. The van der Waals surface area contributed by atoms with Crippen LogP contribution in [0.2, 0.25) is 0 Å². The van der Waals surface area contributed by atoms with Crippen molar-refractivity contribution in [2.24, 2.45) is 0 Å². The zero-order valence-electron chi connectivity index (χ0n) is 10.8. The number of ether oxygens (including phenoxy) is 2. The van der Waals surface area contributed by atoms with Crippen LogP contribution in [0.5, 0.6) is 11.5 Å². The van der Waals surface area contributed by atoms with Crippen molar-refractivity contribution in [3.05, 3.63) is 52.9 Å². The van der Waals surface area contributed by atoms with Crippen molar-refractivity contribution in [1.82, 2.24) is 14.6 Å². The van der Waals surface area contributed by atoms with Crippen LogP contribution in [0.15, 0.2) is 47.1 Å². The van der Waals surface area contributed by atoms with E-state index in [4.69, 9.17) is 9.47 Å². The van der Waals surface area contributed by atoms with E-state index >= 15 is 0 Å². The molecule has 0 radical (unpaired) electrons. The van der Waals surface area contributed by atoms with Gasteiger partial charge in [0.25, 0.3) is 0 Å². The normalized spacial score (nSPS) is 10.7. The largest absolute Gasteiger partial charge is 0.497 e. The van der Waals surface area contributed by atoms with E-state index in [9.17, 15) is 0 Å². The maximum atomic E-state index is 5.70. The predicted molar refractivity (Wildman–Crippen MR) is 78.0 cm³/mol. The van der Waals surface area contributed by atoms with Crippen LogP contribution in [-0.2, 0) is 6.61 Å². The maximum Gasteiger partial charge on any atom is 0.175 e. The SMILES string of the molecule is COc1ccc(OCc2nnc3c(Br)cccn23)cc1. The van der Waals surface area contributed by atoms with Crippen LogP contribution in [-0.4, -0.2) is 21.7 Å². The molecule has 0 aliphatic rings. The smallest absolute Gasteiger partial charge is 0.175 e. The molecule has 0 aliphatic heterocycles. The Morgan fingerprint density at radius 3 is 2.60 bits per heavy atom. The molecule has 20 heavy (non-hydrogen) atoms. The molecule has 0 amide bonds. The van der Waals surface area contributed by atoms with Crippen LogP contribution in [0.25, 0.3) is 5.65 Å². The summed E-state index contributed by atoms with van der Waals surface area (Å²) in [5, 5.41) is 8.26. The number of fused-ring (bicyclic) bond motifs is 1. The summed E-state index contributed by atoms with van der Waals surface area (Å²) in [6.45, 7) is 0.351. The first kappa shape index (κ1) is 12.9. The summed E-state index contributed by atoms with van der Waals surface area (Å²) in [6.07, 6.45) is 1.91. The minimum atomic E-state index is 0.351. The quantitative estimate of drug-likeness (QED) is 0.736. The molecule has 2 heterocycles. The van der Waals surface area contributed by atoms with Gasteiger partial charge in [-0.1, -0.05) is 0 Å². The standard InChI is InChI=1S/C14H12BrN3O2/c1-19-10-4-6-11(7-5-10)20-9-13-16-17-14-12(15)3-2-8-18(13)14/h2-8H,9H2,1H3. The van der Waals surface area contributed by atoms with Crippen molar-refractivity contribution in [3.63, 3.8) is 0 Å². The number of pyridine rings is 1. The fraction of sp³-hybridized carbons (Fsp3) is 0.143. The highest BCUT2D eigenvalue weighted by atomic mass is 79.9. The minimum absolute atomic E-state index is 0.351. The summed E-state index contributed by atoms with van der Waals surface area (Å²) in [7, 11) is 1.63. The van der Waals surface area contributed by atoms with Gasteiger partial charge in [-0.05, 0) is 52.3 Å². The van der Waals surface area contributed by atoms with Crippen LogP contribution in [0.4, 0.5) is 0 Å². The molecule has 0 bridgehead atoms. The zero-order chi connectivity index (χ0) is 13.9. The molecule has 2 aromatic heterocycles. The second kappa shape index (κ2) is 5.50. The van der Waals surface area contributed by atoms with Gasteiger partial charge in [-0.2, -0.15) is 0 Å². The van der Waals surface area contributed by atoms with Crippen molar-refractivity contribution in [3.8, 4) is 11.5 Å². The van der Waals surface area contributed by atoms with Crippen LogP contribution < -0.4 is 9.47 Å². The highest BCUT2D eigenvalue weighted by molar-refractivity contribution is 9.10. The van der Waals surface area contributed by atoms with Crippen LogP contribution in [0, 0.1) is 0 Å². The third-order valence-electron chi connectivity index (χ3n) is 2.89. The molecule has 0 fully saturated rings. The molecule has 6 heteroatoms. The Bertz CT molecular complexity index is 725. The molecule has 5 nitrogen and oxygen atoms in total. The number of benzene rings is 1. The topological polar surface area (TPSA) is 48.7 Å². The van der Waals surface area contributed by atoms with Gasteiger partial charge in [0, 0.05) is 6.20 Å². The van der Waals surface area contributed by atoms with Gasteiger partial charge in [-0.3, -0.25) is 4.40 Å². The van der Waals surface area contributed by atoms with Crippen molar-refractivity contribution >= 4 is 21.6 Å². The molecule has 0 saturated heterocycles. The summed E-state index contributed by atoms with van der Waals surface area (Å²) >= 11 is 3.44. The highest BCUT2D eigenvalue weighted by Gasteiger charge is 2.08. The van der Waals surface area contributed by atoms with E-state index in [0.717, 1.165) is 27.4 Å². The summed E-state index contributed by atoms with van der Waals surface area (Å²) in [5.41, 5.74) is 0.779. The van der Waals surface area contributed by atoms with E-state index in [1.54, 1.807) is 7.11 Å². The Balaban J connectivity index is 1.78. The second-order valence-corrected chi connectivity index (χ2v) is 4.98. The molecule has 3 rings (SSSR count). The Kier molecular flexibility index (Phi) is 3.56. The fourth-order valence-electron chi connectivity index (χ4n) is 1.85. The highest BCUT2D eigenvalue weighted by Crippen LogP contribution is 2.19. The third-order valence-corrected chi connectivity index (χ3v) is 3.50. The number of hydrogen-bond donors (Lipinski definition) is 0. The number of aromatic nitrogens is 3. The lowest BCUT2D eigenvalue weighted by Gasteiger charge is -2.06. The Morgan fingerprint density at radius 2 is 1.85 bits per heavy atom. The average molecular weight is 334 g/mol. The molecule has 0 atom stereocenters. The van der Waals surface area contributed by atoms with Crippen molar-refractivity contribution < 1.29 is 9.47 Å². The summed E-state index contributed by atoms with van der Waals surface area (Å²) in [5.74, 6) is 2.31. The number of methoxy groups -OCH3 is 1. The lowest BCUT2D eigenvalue weighted by atomic mass is 10.3. The van der Waals surface area contributed by atoms with Gasteiger partial charge in [0.05, 0.1) is 11.6 Å². The number of halogens is 1. The molecule has 0 aliphatic carbocycles. The van der Waals surface area contributed by atoms with Gasteiger partial charge in [-0.25, -0.2) is 0 Å². The van der Waals surface area contributed by atoms with Gasteiger partial charge in [0.2, 0.25) is 0 Å². The third kappa shape index (κ3) is 2.46. The number of rotatable bonds is 4. The van der Waals surface area contributed by atoms with Gasteiger partial charge in [-0.15, -0.1) is 10.2 Å². The van der Waals surface area contributed by atoms with Crippen molar-refractivity contribution in [1.29, 1.82) is 0 Å². The molecular formula is C14H12BrN3O2. The molecular weight excluding hydrogens is 322 g/mol. The average Bonchev–Trinajstić information content (AvgIpc) is 2.90. The molecule has 0 spiro atoms. The first-order valence-electron chi connectivity index (χ1n) is 6.03. The molecule has 0 N–H and O–H groups in total. The lowest BCUT2D eigenvalue weighted by Crippen LogP contribution is -2.01. The van der Waals surface area contributed by atoms with E-state index in [1.807, 2.05) is 47.0 Å². The van der Waals surface area contributed by atoms with Crippen LogP contribution >= 0.6 is 15.9 Å². The summed E-state index contributed by atoms with van der Waals surface area (Å²) in [6, 6.07) is 11.3. The van der Waals surface area contributed by atoms with E-state index in [2.05, 4.69) is 26.1 Å². The lowest BCUT2D eigenvalue weighted by molar-refractivity contribution is 0.294. The van der Waals surface area contributed by atoms with E-state index in [-0.39, 0.29) is 0 Å². The molecule has 102 valence electrons. The maximum absolute atomic E-state index is 5.70. The van der Waals surface area contributed by atoms with Crippen molar-refractivity contribution in [2.45, 2.75) is 6.61 Å². The Labute approximate surface area is 124 Å². The second-order valence-electron chi connectivity index (χ2n) is 4.13. The Morgan fingerprint density at radius 1 is 1.10 bits per heavy atom. The van der Waals surface area contributed by atoms with Gasteiger partial charge < -0.3 is 9.47 Å². The summed E-state index contributed by atoms with van der Waals surface area (Å²) < 4.78 is 13.6. The van der Waals surface area contributed by atoms with Crippen molar-refractivity contribution in [2.75, 3.05) is 7.11 Å². The zero-order valence-corrected chi connectivity index (χ0v) is 12.4. The molecule has 0 saturated carbocycles. The molecule has 3 aromatic rings. The Hall–Kier alpha value is -2.08. The van der Waals surface area contributed by atoms with E-state index < -0.39 is 0 Å². The van der Waals surface area contributed by atoms with Gasteiger partial charge in [0.1, 0.15) is 18.1 Å². The van der Waals surface area contributed by atoms with Crippen LogP contribution in [0.1, 0.15) is 5.82 Å². The van der Waals surface area contributed by atoms with E-state index in [1.165, 1.54) is 0 Å². The number of nitrogens with zero attached hydrogens (tertiary/aromatic N) is 3. The number of hydrogen-bond acceptors (Lipinski definition) is 4. The summed E-state index contributed by atoms with van der Waals surface area (Å²) in [4.78, 5) is 0. The first-order valence-corrected chi connectivity index (χ1v) is 6.82. The fourth-order valence-corrected chi connectivity index (χ4v) is 2.27. The monoisotopic (exact) mass is 333 g/mol.